The van der Waals surface area contributed by atoms with E-state index in [-0.39, 0.29) is 5.91 Å². The van der Waals surface area contributed by atoms with Crippen LogP contribution in [0.1, 0.15) is 44.9 Å². The highest BCUT2D eigenvalue weighted by atomic mass is 16.5. The third-order valence-electron chi connectivity index (χ3n) is 4.50. The van der Waals surface area contributed by atoms with Crippen LogP contribution in [0.25, 0.3) is 0 Å². The molecule has 1 aliphatic carbocycles. The molecule has 0 bridgehead atoms. The maximum Gasteiger partial charge on any atom is 0.222 e. The molecule has 2 N–H and O–H groups in total. The largest absolute Gasteiger partial charge is 0.381 e. The zero-order valence-electron chi connectivity index (χ0n) is 12.1. The highest BCUT2D eigenvalue weighted by Gasteiger charge is 2.24. The summed E-state index contributed by atoms with van der Waals surface area (Å²) in [7, 11) is 1.93. The molecule has 0 aromatic rings. The number of carbonyl (C=O) groups excluding carboxylic acids is 1. The van der Waals surface area contributed by atoms with Crippen LogP contribution < -0.4 is 5.73 Å². The lowest BCUT2D eigenvalue weighted by molar-refractivity contribution is -0.132. The van der Waals surface area contributed by atoms with Crippen molar-refractivity contribution in [3.8, 4) is 0 Å². The molecule has 1 heterocycles. The zero-order chi connectivity index (χ0) is 13.7. The summed E-state index contributed by atoms with van der Waals surface area (Å²) >= 11 is 0. The highest BCUT2D eigenvalue weighted by Crippen LogP contribution is 2.26. The van der Waals surface area contributed by atoms with E-state index >= 15 is 0 Å². The van der Waals surface area contributed by atoms with Gasteiger partial charge in [-0.25, -0.2) is 0 Å². The molecule has 3 unspecified atom stereocenters. The summed E-state index contributed by atoms with van der Waals surface area (Å²) in [5.74, 6) is 1.31. The number of carbonyl (C=O) groups is 1. The van der Waals surface area contributed by atoms with Crippen LogP contribution in [0.2, 0.25) is 0 Å². The van der Waals surface area contributed by atoms with E-state index in [1.54, 1.807) is 0 Å². The van der Waals surface area contributed by atoms with Crippen LogP contribution in [0.3, 0.4) is 0 Å². The molecule has 4 heteroatoms. The highest BCUT2D eigenvalue weighted by molar-refractivity contribution is 5.76. The van der Waals surface area contributed by atoms with Gasteiger partial charge in [0.05, 0.1) is 6.61 Å². The van der Waals surface area contributed by atoms with Crippen molar-refractivity contribution in [1.29, 1.82) is 0 Å². The van der Waals surface area contributed by atoms with Crippen molar-refractivity contribution in [2.75, 3.05) is 26.8 Å². The molecule has 0 aromatic heterocycles. The van der Waals surface area contributed by atoms with Gasteiger partial charge < -0.3 is 15.4 Å². The minimum absolute atomic E-state index is 0.282. The molecule has 1 aliphatic heterocycles. The van der Waals surface area contributed by atoms with Crippen molar-refractivity contribution >= 4 is 5.91 Å². The Labute approximate surface area is 116 Å². The molecule has 0 radical (unpaired) electrons. The van der Waals surface area contributed by atoms with E-state index in [2.05, 4.69) is 0 Å². The average molecular weight is 268 g/mol. The number of hydrogen-bond acceptors (Lipinski definition) is 3. The topological polar surface area (TPSA) is 55.6 Å². The third kappa shape index (κ3) is 4.77. The molecule has 110 valence electrons. The number of hydrogen-bond donors (Lipinski definition) is 1. The van der Waals surface area contributed by atoms with E-state index in [9.17, 15) is 4.79 Å². The Morgan fingerprint density at radius 2 is 2.05 bits per heavy atom. The van der Waals surface area contributed by atoms with Crippen LogP contribution in [0.15, 0.2) is 0 Å². The van der Waals surface area contributed by atoms with Gasteiger partial charge in [0, 0.05) is 32.7 Å². The van der Waals surface area contributed by atoms with Gasteiger partial charge in [0.15, 0.2) is 0 Å². The first-order chi connectivity index (χ1) is 9.15. The third-order valence-corrected chi connectivity index (χ3v) is 4.50. The van der Waals surface area contributed by atoms with Crippen LogP contribution in [-0.4, -0.2) is 43.7 Å². The van der Waals surface area contributed by atoms with E-state index in [0.717, 1.165) is 39.0 Å². The molecular weight excluding hydrogens is 240 g/mol. The number of nitrogens with two attached hydrogens (primary N) is 1. The molecule has 1 amide bonds. The van der Waals surface area contributed by atoms with Crippen molar-refractivity contribution in [3.05, 3.63) is 0 Å². The fourth-order valence-corrected chi connectivity index (χ4v) is 3.36. The first-order valence-corrected chi connectivity index (χ1v) is 7.72. The summed E-state index contributed by atoms with van der Waals surface area (Å²) in [6, 6.07) is 0.309. The van der Waals surface area contributed by atoms with E-state index in [1.165, 1.54) is 19.3 Å². The Hall–Kier alpha value is -0.610. The van der Waals surface area contributed by atoms with Crippen LogP contribution in [0.5, 0.6) is 0 Å². The van der Waals surface area contributed by atoms with Crippen molar-refractivity contribution < 1.29 is 9.53 Å². The van der Waals surface area contributed by atoms with Gasteiger partial charge in [-0.15, -0.1) is 0 Å². The Bertz CT molecular complexity index is 290. The van der Waals surface area contributed by atoms with E-state index in [1.807, 2.05) is 11.9 Å². The number of rotatable bonds is 4. The Balaban J connectivity index is 1.72. The molecular formula is C15H28N2O2. The molecule has 4 nitrogen and oxygen atoms in total. The average Bonchev–Trinajstić information content (AvgIpc) is 2.40. The van der Waals surface area contributed by atoms with Crippen LogP contribution in [0.4, 0.5) is 0 Å². The lowest BCUT2D eigenvalue weighted by atomic mass is 9.84. The van der Waals surface area contributed by atoms with Crippen molar-refractivity contribution in [2.24, 2.45) is 17.6 Å². The summed E-state index contributed by atoms with van der Waals surface area (Å²) < 4.78 is 5.47. The van der Waals surface area contributed by atoms with Gasteiger partial charge in [0.25, 0.3) is 0 Å². The molecule has 0 aromatic carbocycles. The first kappa shape index (κ1) is 14.8. The predicted molar refractivity (Wildman–Crippen MR) is 75.7 cm³/mol. The minimum atomic E-state index is 0.282. The fraction of sp³-hybridized carbons (Fsp3) is 0.933. The minimum Gasteiger partial charge on any atom is -0.381 e. The molecule has 19 heavy (non-hydrogen) atoms. The van der Waals surface area contributed by atoms with Crippen molar-refractivity contribution in [3.63, 3.8) is 0 Å². The fourth-order valence-electron chi connectivity index (χ4n) is 3.36. The van der Waals surface area contributed by atoms with E-state index in [4.69, 9.17) is 10.5 Å². The second-order valence-corrected chi connectivity index (χ2v) is 6.35. The standard InChI is InChI=1S/C15H28N2O2/c1-17(10-13-5-3-7-19-11-13)15(18)9-12-4-2-6-14(16)8-12/h12-14H,2-11,16H2,1H3. The maximum atomic E-state index is 12.2. The smallest absolute Gasteiger partial charge is 0.222 e. The van der Waals surface area contributed by atoms with Crippen LogP contribution >= 0.6 is 0 Å². The van der Waals surface area contributed by atoms with Gasteiger partial charge in [-0.05, 0) is 43.9 Å². The molecule has 1 saturated carbocycles. The van der Waals surface area contributed by atoms with Gasteiger partial charge in [0.1, 0.15) is 0 Å². The number of amides is 1. The molecule has 2 rings (SSSR count). The second kappa shape index (κ2) is 7.25. The molecule has 3 atom stereocenters. The number of ether oxygens (including phenoxy) is 1. The summed E-state index contributed by atoms with van der Waals surface area (Å²) in [4.78, 5) is 14.1. The Morgan fingerprint density at radius 1 is 1.26 bits per heavy atom. The summed E-state index contributed by atoms with van der Waals surface area (Å²) in [5, 5.41) is 0. The van der Waals surface area contributed by atoms with Crippen molar-refractivity contribution in [2.45, 2.75) is 51.0 Å². The molecule has 2 aliphatic rings. The summed E-state index contributed by atoms with van der Waals surface area (Å²) in [5.41, 5.74) is 5.98. The lowest BCUT2D eigenvalue weighted by Crippen LogP contribution is -2.37. The first-order valence-electron chi connectivity index (χ1n) is 7.72. The van der Waals surface area contributed by atoms with Crippen LogP contribution in [-0.2, 0) is 9.53 Å². The normalized spacial score (nSPS) is 32.0. The van der Waals surface area contributed by atoms with Gasteiger partial charge in [-0.1, -0.05) is 6.42 Å². The zero-order valence-corrected chi connectivity index (χ0v) is 12.1. The van der Waals surface area contributed by atoms with Gasteiger partial charge >= 0.3 is 0 Å². The SMILES string of the molecule is CN(CC1CCCOC1)C(=O)CC1CCCC(N)C1. The summed E-state index contributed by atoms with van der Waals surface area (Å²) in [6.45, 7) is 2.54. The Morgan fingerprint density at radius 3 is 2.74 bits per heavy atom. The lowest BCUT2D eigenvalue weighted by Gasteiger charge is -2.30. The van der Waals surface area contributed by atoms with E-state index in [0.29, 0.717) is 24.3 Å². The van der Waals surface area contributed by atoms with Gasteiger partial charge in [-0.2, -0.15) is 0 Å². The molecule has 2 fully saturated rings. The monoisotopic (exact) mass is 268 g/mol. The van der Waals surface area contributed by atoms with Crippen LogP contribution in [0, 0.1) is 11.8 Å². The quantitative estimate of drug-likeness (QED) is 0.845. The number of nitrogens with zero attached hydrogens (tertiary/aromatic N) is 1. The van der Waals surface area contributed by atoms with E-state index < -0.39 is 0 Å². The summed E-state index contributed by atoms with van der Waals surface area (Å²) in [6.07, 6.45) is 7.49. The van der Waals surface area contributed by atoms with Gasteiger partial charge in [0.2, 0.25) is 5.91 Å². The van der Waals surface area contributed by atoms with Gasteiger partial charge in [-0.3, -0.25) is 4.79 Å². The maximum absolute atomic E-state index is 12.2. The Kier molecular flexibility index (Phi) is 5.64. The molecule has 1 saturated heterocycles. The molecule has 0 spiro atoms. The van der Waals surface area contributed by atoms with Crippen molar-refractivity contribution in [1.82, 2.24) is 4.90 Å². The predicted octanol–water partition coefficient (Wildman–Crippen LogP) is 1.78. The second-order valence-electron chi connectivity index (χ2n) is 6.35.